The van der Waals surface area contributed by atoms with Crippen LogP contribution in [0.5, 0.6) is 0 Å². The van der Waals surface area contributed by atoms with Crippen molar-refractivity contribution in [3.63, 3.8) is 0 Å². The predicted octanol–water partition coefficient (Wildman–Crippen LogP) is 4.18. The van der Waals surface area contributed by atoms with Crippen LogP contribution in [0.15, 0.2) is 47.2 Å². The molecule has 2 aliphatic carbocycles. The minimum atomic E-state index is -1.60. The number of halogens is 1. The smallest absolute Gasteiger partial charge is 0.191 e. The van der Waals surface area contributed by atoms with Crippen LogP contribution in [-0.4, -0.2) is 0 Å². The minimum absolute atomic E-state index is 0.0435. The monoisotopic (exact) mass is 348 g/mol. The number of allylic oxidation sites excluding steroid dienone is 4. The molecule has 124 valence electrons. The Morgan fingerprint density at radius 1 is 1.20 bits per heavy atom. The summed E-state index contributed by atoms with van der Waals surface area (Å²) < 4.78 is 0. The fourth-order valence-corrected chi connectivity index (χ4v) is 4.40. The second kappa shape index (κ2) is 6.29. The van der Waals surface area contributed by atoms with Gasteiger partial charge >= 0.3 is 0 Å². The molecule has 2 N–H and O–H groups in total. The molecule has 0 fully saturated rings. The van der Waals surface area contributed by atoms with Crippen LogP contribution < -0.4 is 5.73 Å². The molecule has 0 saturated carbocycles. The Morgan fingerprint density at radius 2 is 1.88 bits per heavy atom. The molecule has 0 bridgehead atoms. The van der Waals surface area contributed by atoms with E-state index < -0.39 is 11.3 Å². The molecule has 0 spiro atoms. The normalized spacial score (nSPS) is 27.3. The van der Waals surface area contributed by atoms with Crippen LogP contribution in [0.4, 0.5) is 0 Å². The third-order valence-corrected chi connectivity index (χ3v) is 5.70. The zero-order valence-electron chi connectivity index (χ0n) is 13.8. The maximum atomic E-state index is 9.95. The van der Waals surface area contributed by atoms with E-state index in [1.807, 2.05) is 24.3 Å². The van der Waals surface area contributed by atoms with Crippen LogP contribution in [0.2, 0.25) is 5.02 Å². The Kier molecular flexibility index (Phi) is 4.30. The summed E-state index contributed by atoms with van der Waals surface area (Å²) in [6, 6.07) is 13.6. The van der Waals surface area contributed by atoms with Gasteiger partial charge in [-0.1, -0.05) is 42.8 Å². The Labute approximate surface area is 152 Å². The molecule has 3 rings (SSSR count). The van der Waals surface area contributed by atoms with Crippen molar-refractivity contribution in [3.05, 3.63) is 57.8 Å². The first-order chi connectivity index (χ1) is 12.0. The number of fused-ring (bicyclic) bond motifs is 1. The lowest BCUT2D eigenvalue weighted by Gasteiger charge is -2.44. The number of benzene rings is 1. The van der Waals surface area contributed by atoms with Crippen molar-refractivity contribution >= 4 is 11.6 Å². The van der Waals surface area contributed by atoms with Crippen LogP contribution in [0.3, 0.4) is 0 Å². The van der Waals surface area contributed by atoms with Crippen molar-refractivity contribution < 1.29 is 0 Å². The first kappa shape index (κ1) is 17.1. The summed E-state index contributed by atoms with van der Waals surface area (Å²) in [4.78, 5) is 0. The quantitative estimate of drug-likeness (QED) is 0.823. The molecule has 4 nitrogen and oxygen atoms in total. The first-order valence-corrected chi connectivity index (χ1v) is 8.55. The Morgan fingerprint density at radius 3 is 2.48 bits per heavy atom. The van der Waals surface area contributed by atoms with Crippen molar-refractivity contribution in [2.45, 2.75) is 25.7 Å². The summed E-state index contributed by atoms with van der Waals surface area (Å²) in [6.45, 7) is 2.13. The van der Waals surface area contributed by atoms with Crippen molar-refractivity contribution in [1.29, 1.82) is 15.8 Å². The second-order valence-electron chi connectivity index (χ2n) is 6.77. The molecule has 0 heterocycles. The molecule has 3 atom stereocenters. The molecule has 0 aliphatic heterocycles. The van der Waals surface area contributed by atoms with Crippen LogP contribution in [0.25, 0.3) is 0 Å². The molecule has 25 heavy (non-hydrogen) atoms. The SMILES string of the molecule is CC1CC=C2C(C#N)=C(N)C(C#N)(C#N)C(c3ccccc3Cl)C2C1. The van der Waals surface area contributed by atoms with Crippen LogP contribution >= 0.6 is 11.6 Å². The molecule has 2 aliphatic rings. The van der Waals surface area contributed by atoms with Gasteiger partial charge in [0, 0.05) is 10.9 Å². The Bertz CT molecular complexity index is 893. The summed E-state index contributed by atoms with van der Waals surface area (Å²) in [5, 5.41) is 30.0. The molecule has 1 aromatic rings. The van der Waals surface area contributed by atoms with E-state index in [1.54, 1.807) is 6.07 Å². The average molecular weight is 349 g/mol. The maximum Gasteiger partial charge on any atom is 0.191 e. The number of hydrogen-bond acceptors (Lipinski definition) is 4. The fraction of sp³-hybridized carbons (Fsp3) is 0.350. The van der Waals surface area contributed by atoms with Gasteiger partial charge in [0.05, 0.1) is 23.4 Å². The zero-order valence-corrected chi connectivity index (χ0v) is 14.6. The predicted molar refractivity (Wildman–Crippen MR) is 94.6 cm³/mol. The third kappa shape index (κ3) is 2.41. The molecule has 3 unspecified atom stereocenters. The van der Waals surface area contributed by atoms with Gasteiger partial charge in [0.1, 0.15) is 6.07 Å². The molecule has 0 amide bonds. The highest BCUT2D eigenvalue weighted by atomic mass is 35.5. The van der Waals surface area contributed by atoms with Crippen LogP contribution in [-0.2, 0) is 0 Å². The van der Waals surface area contributed by atoms with E-state index in [9.17, 15) is 15.8 Å². The lowest BCUT2D eigenvalue weighted by Crippen LogP contribution is -2.43. The molecule has 1 aromatic carbocycles. The van der Waals surface area contributed by atoms with E-state index in [1.165, 1.54) is 0 Å². The van der Waals surface area contributed by atoms with E-state index in [-0.39, 0.29) is 17.2 Å². The number of nitrogens with zero attached hydrogens (tertiary/aromatic N) is 3. The van der Waals surface area contributed by atoms with Gasteiger partial charge in [0.15, 0.2) is 5.41 Å². The molecular weight excluding hydrogens is 332 g/mol. The largest absolute Gasteiger partial charge is 0.399 e. The first-order valence-electron chi connectivity index (χ1n) is 8.17. The molecule has 5 heteroatoms. The fourth-order valence-electron chi connectivity index (χ4n) is 4.15. The van der Waals surface area contributed by atoms with Crippen molar-refractivity contribution in [3.8, 4) is 18.2 Å². The van der Waals surface area contributed by atoms with Gasteiger partial charge in [0.25, 0.3) is 0 Å². The number of rotatable bonds is 1. The lowest BCUT2D eigenvalue weighted by atomic mass is 9.56. The summed E-state index contributed by atoms with van der Waals surface area (Å²) in [5.74, 6) is -0.236. The number of nitrogens with two attached hydrogens (primary N) is 1. The summed E-state index contributed by atoms with van der Waals surface area (Å²) in [7, 11) is 0. The van der Waals surface area contributed by atoms with Gasteiger partial charge in [-0.25, -0.2) is 0 Å². The highest BCUT2D eigenvalue weighted by Crippen LogP contribution is 2.57. The lowest BCUT2D eigenvalue weighted by molar-refractivity contribution is 0.284. The van der Waals surface area contributed by atoms with Gasteiger partial charge in [0.2, 0.25) is 0 Å². The van der Waals surface area contributed by atoms with E-state index in [2.05, 4.69) is 25.1 Å². The standard InChI is InChI=1S/C20H17ClN4/c1-12-6-7-13-15(8-12)18(14-4-2-3-5-17(14)21)20(10-23,11-24)19(25)16(13)9-22/h2-5,7,12,15,18H,6,8,25H2,1H3. The summed E-state index contributed by atoms with van der Waals surface area (Å²) >= 11 is 6.42. The second-order valence-corrected chi connectivity index (χ2v) is 7.18. The number of nitriles is 3. The van der Waals surface area contributed by atoms with E-state index in [4.69, 9.17) is 17.3 Å². The summed E-state index contributed by atoms with van der Waals surface area (Å²) in [6.07, 6.45) is 3.67. The van der Waals surface area contributed by atoms with Crippen LogP contribution in [0, 0.1) is 51.2 Å². The topological polar surface area (TPSA) is 97.4 Å². The minimum Gasteiger partial charge on any atom is -0.399 e. The number of hydrogen-bond donors (Lipinski definition) is 1. The highest BCUT2D eigenvalue weighted by Gasteiger charge is 2.54. The van der Waals surface area contributed by atoms with Gasteiger partial charge in [-0.05, 0) is 41.9 Å². The van der Waals surface area contributed by atoms with Gasteiger partial charge in [-0.3, -0.25) is 0 Å². The van der Waals surface area contributed by atoms with E-state index >= 15 is 0 Å². The third-order valence-electron chi connectivity index (χ3n) is 5.35. The van der Waals surface area contributed by atoms with Crippen molar-refractivity contribution in [1.82, 2.24) is 0 Å². The van der Waals surface area contributed by atoms with E-state index in [0.717, 1.165) is 24.0 Å². The van der Waals surface area contributed by atoms with Gasteiger partial charge < -0.3 is 5.73 Å². The Balaban J connectivity index is 2.37. The van der Waals surface area contributed by atoms with Crippen molar-refractivity contribution in [2.24, 2.45) is 23.0 Å². The zero-order chi connectivity index (χ0) is 18.2. The highest BCUT2D eigenvalue weighted by molar-refractivity contribution is 6.31. The molecule has 0 saturated heterocycles. The van der Waals surface area contributed by atoms with Crippen molar-refractivity contribution in [2.75, 3.05) is 0 Å². The summed E-state index contributed by atoms with van der Waals surface area (Å²) in [5.41, 5.74) is 6.54. The van der Waals surface area contributed by atoms with Crippen LogP contribution in [0.1, 0.15) is 31.2 Å². The van der Waals surface area contributed by atoms with E-state index in [0.29, 0.717) is 10.9 Å². The molecular formula is C20H17ClN4. The maximum absolute atomic E-state index is 9.95. The van der Waals surface area contributed by atoms with Gasteiger partial charge in [-0.2, -0.15) is 15.8 Å². The Hall–Kier alpha value is -2.74. The van der Waals surface area contributed by atoms with Gasteiger partial charge in [-0.15, -0.1) is 0 Å². The molecule has 0 aromatic heterocycles. The molecule has 0 radical (unpaired) electrons. The average Bonchev–Trinajstić information content (AvgIpc) is 2.62.